The zero-order valence-electron chi connectivity index (χ0n) is 15.0. The molecule has 0 unspecified atom stereocenters. The summed E-state index contributed by atoms with van der Waals surface area (Å²) < 4.78 is 49.3. The first-order chi connectivity index (χ1) is 13.8. The SMILES string of the molecule is O=C(Cn1c(=O)oc2ccccc21)NCC#CCOc1cccc(C(F)(F)F)c1. The van der Waals surface area contributed by atoms with E-state index in [1.54, 1.807) is 24.3 Å². The molecule has 0 aliphatic rings. The van der Waals surface area contributed by atoms with Gasteiger partial charge in [0.1, 0.15) is 18.9 Å². The Hall–Kier alpha value is -3.67. The van der Waals surface area contributed by atoms with Gasteiger partial charge >= 0.3 is 11.9 Å². The van der Waals surface area contributed by atoms with Gasteiger partial charge in [-0.1, -0.05) is 30.0 Å². The van der Waals surface area contributed by atoms with Gasteiger partial charge in [-0.15, -0.1) is 0 Å². The Labute approximate surface area is 162 Å². The largest absolute Gasteiger partial charge is 0.481 e. The van der Waals surface area contributed by atoms with Crippen molar-refractivity contribution >= 4 is 17.0 Å². The molecule has 3 rings (SSSR count). The predicted molar refractivity (Wildman–Crippen MR) is 98.2 cm³/mol. The summed E-state index contributed by atoms with van der Waals surface area (Å²) in [7, 11) is 0. The maximum atomic E-state index is 12.6. The number of ether oxygens (including phenoxy) is 1. The molecule has 1 aromatic heterocycles. The molecule has 0 saturated heterocycles. The lowest BCUT2D eigenvalue weighted by atomic mass is 10.2. The van der Waals surface area contributed by atoms with E-state index in [0.29, 0.717) is 11.1 Å². The van der Waals surface area contributed by atoms with E-state index >= 15 is 0 Å². The number of fused-ring (bicyclic) bond motifs is 1. The van der Waals surface area contributed by atoms with Crippen LogP contribution in [0.2, 0.25) is 0 Å². The van der Waals surface area contributed by atoms with E-state index in [2.05, 4.69) is 17.2 Å². The minimum atomic E-state index is -4.45. The van der Waals surface area contributed by atoms with Gasteiger partial charge in [0.05, 0.1) is 17.6 Å². The van der Waals surface area contributed by atoms with Crippen LogP contribution < -0.4 is 15.8 Å². The number of benzene rings is 2. The third-order valence-corrected chi connectivity index (χ3v) is 3.85. The van der Waals surface area contributed by atoms with E-state index in [0.717, 1.165) is 12.1 Å². The number of carbonyl (C=O) groups excluding carboxylic acids is 1. The Balaban J connectivity index is 1.47. The van der Waals surface area contributed by atoms with Gasteiger partial charge in [-0.05, 0) is 30.3 Å². The molecular weight excluding hydrogens is 389 g/mol. The quantitative estimate of drug-likeness (QED) is 0.664. The van der Waals surface area contributed by atoms with E-state index in [9.17, 15) is 22.8 Å². The van der Waals surface area contributed by atoms with Crippen LogP contribution in [-0.2, 0) is 17.5 Å². The fourth-order valence-corrected chi connectivity index (χ4v) is 2.50. The van der Waals surface area contributed by atoms with Gasteiger partial charge in [0.15, 0.2) is 5.58 Å². The maximum Gasteiger partial charge on any atom is 0.420 e. The minimum absolute atomic E-state index is 0.00464. The second-order valence-corrected chi connectivity index (χ2v) is 5.87. The van der Waals surface area contributed by atoms with Crippen LogP contribution in [0, 0.1) is 11.8 Å². The summed E-state index contributed by atoms with van der Waals surface area (Å²) in [4.78, 5) is 23.8. The fraction of sp³-hybridized carbons (Fsp3) is 0.200. The zero-order chi connectivity index (χ0) is 20.9. The lowest BCUT2D eigenvalue weighted by Gasteiger charge is -2.08. The molecule has 6 nitrogen and oxygen atoms in total. The van der Waals surface area contributed by atoms with Crippen molar-refractivity contribution in [3.05, 3.63) is 64.6 Å². The Kier molecular flexibility index (Phi) is 5.93. The highest BCUT2D eigenvalue weighted by molar-refractivity contribution is 5.79. The number of hydrogen-bond donors (Lipinski definition) is 1. The standard InChI is InChI=1S/C20H15F3N2O4/c21-20(22,23)14-6-5-7-15(12-14)28-11-4-3-10-24-18(26)13-25-16-8-1-2-9-17(16)29-19(25)27/h1-2,5-9,12H,10-11,13H2,(H,24,26). The summed E-state index contributed by atoms with van der Waals surface area (Å²) in [5, 5.41) is 2.52. The van der Waals surface area contributed by atoms with Crippen molar-refractivity contribution in [3.8, 4) is 17.6 Å². The van der Waals surface area contributed by atoms with Gasteiger partial charge in [-0.2, -0.15) is 13.2 Å². The van der Waals surface area contributed by atoms with E-state index in [1.165, 1.54) is 16.7 Å². The summed E-state index contributed by atoms with van der Waals surface area (Å²) in [6.45, 7) is -0.364. The molecule has 2 aromatic carbocycles. The Bertz CT molecular complexity index is 1140. The predicted octanol–water partition coefficient (Wildman–Crippen LogP) is 2.81. The number of rotatable bonds is 5. The highest BCUT2D eigenvalue weighted by Gasteiger charge is 2.30. The average molecular weight is 404 g/mol. The van der Waals surface area contributed by atoms with Gasteiger partial charge in [0.25, 0.3) is 0 Å². The van der Waals surface area contributed by atoms with Crippen molar-refractivity contribution in [2.75, 3.05) is 13.2 Å². The number of carbonyl (C=O) groups is 1. The first-order valence-corrected chi connectivity index (χ1v) is 8.45. The molecule has 1 heterocycles. The molecule has 0 saturated carbocycles. The number of nitrogens with one attached hydrogen (secondary N) is 1. The van der Waals surface area contributed by atoms with Gasteiger partial charge < -0.3 is 14.5 Å². The van der Waals surface area contributed by atoms with Crippen molar-refractivity contribution < 1.29 is 27.1 Å². The fourth-order valence-electron chi connectivity index (χ4n) is 2.50. The number of alkyl halides is 3. The monoisotopic (exact) mass is 404 g/mol. The molecule has 0 bridgehead atoms. The Morgan fingerprint density at radius 2 is 1.93 bits per heavy atom. The van der Waals surface area contributed by atoms with Crippen LogP contribution in [0.1, 0.15) is 5.56 Å². The van der Waals surface area contributed by atoms with E-state index in [-0.39, 0.29) is 25.4 Å². The summed E-state index contributed by atoms with van der Waals surface area (Å²) >= 11 is 0. The van der Waals surface area contributed by atoms with Gasteiger partial charge in [-0.3, -0.25) is 9.36 Å². The van der Waals surface area contributed by atoms with Crippen molar-refractivity contribution in [3.63, 3.8) is 0 Å². The van der Waals surface area contributed by atoms with Crippen LogP contribution in [-0.4, -0.2) is 23.6 Å². The molecular formula is C20H15F3N2O4. The number of hydrogen-bond acceptors (Lipinski definition) is 4. The number of amides is 1. The zero-order valence-corrected chi connectivity index (χ0v) is 15.0. The molecule has 0 radical (unpaired) electrons. The van der Waals surface area contributed by atoms with Gasteiger partial charge in [0, 0.05) is 0 Å². The third kappa shape index (κ3) is 5.19. The minimum Gasteiger partial charge on any atom is -0.481 e. The first kappa shape index (κ1) is 20.1. The smallest absolute Gasteiger partial charge is 0.420 e. The molecule has 0 aliphatic carbocycles. The van der Waals surface area contributed by atoms with E-state index in [4.69, 9.17) is 9.15 Å². The van der Waals surface area contributed by atoms with Gasteiger partial charge in [-0.25, -0.2) is 4.79 Å². The second-order valence-electron chi connectivity index (χ2n) is 5.87. The molecule has 0 spiro atoms. The summed E-state index contributed by atoms with van der Waals surface area (Å²) in [5.74, 6) is 4.19. The van der Waals surface area contributed by atoms with Crippen molar-refractivity contribution in [1.29, 1.82) is 0 Å². The van der Waals surface area contributed by atoms with E-state index in [1.807, 2.05) is 0 Å². The van der Waals surface area contributed by atoms with Crippen LogP contribution in [0.5, 0.6) is 5.75 Å². The molecule has 0 atom stereocenters. The lowest BCUT2D eigenvalue weighted by molar-refractivity contribution is -0.137. The van der Waals surface area contributed by atoms with Gasteiger partial charge in [0.2, 0.25) is 5.91 Å². The van der Waals surface area contributed by atoms with E-state index < -0.39 is 23.4 Å². The molecule has 150 valence electrons. The maximum absolute atomic E-state index is 12.6. The Morgan fingerprint density at radius 1 is 1.14 bits per heavy atom. The molecule has 29 heavy (non-hydrogen) atoms. The number of nitrogens with zero attached hydrogens (tertiary/aromatic N) is 1. The summed E-state index contributed by atoms with van der Waals surface area (Å²) in [6, 6.07) is 11.2. The van der Waals surface area contributed by atoms with Crippen molar-refractivity contribution in [2.24, 2.45) is 0 Å². The summed E-state index contributed by atoms with van der Waals surface area (Å²) in [6.07, 6.45) is -4.45. The van der Waals surface area contributed by atoms with Crippen molar-refractivity contribution in [1.82, 2.24) is 9.88 Å². The number of para-hydroxylation sites is 2. The van der Waals surface area contributed by atoms with Crippen LogP contribution in [0.15, 0.2) is 57.7 Å². The average Bonchev–Trinajstić information content (AvgIpc) is 2.99. The van der Waals surface area contributed by atoms with Crippen molar-refractivity contribution in [2.45, 2.75) is 12.7 Å². The van der Waals surface area contributed by atoms with Crippen LogP contribution in [0.3, 0.4) is 0 Å². The molecule has 9 heteroatoms. The second kappa shape index (κ2) is 8.56. The normalized spacial score (nSPS) is 11.0. The highest BCUT2D eigenvalue weighted by atomic mass is 19.4. The van der Waals surface area contributed by atoms with Crippen LogP contribution >= 0.6 is 0 Å². The lowest BCUT2D eigenvalue weighted by Crippen LogP contribution is -2.31. The topological polar surface area (TPSA) is 73.5 Å². The number of oxazole rings is 1. The molecule has 1 amide bonds. The molecule has 3 aromatic rings. The van der Waals surface area contributed by atoms with Crippen LogP contribution in [0.4, 0.5) is 13.2 Å². The van der Waals surface area contributed by atoms with Crippen LogP contribution in [0.25, 0.3) is 11.1 Å². The first-order valence-electron chi connectivity index (χ1n) is 8.45. The number of aromatic nitrogens is 1. The summed E-state index contributed by atoms with van der Waals surface area (Å²) in [5.41, 5.74) is 0.0855. The third-order valence-electron chi connectivity index (χ3n) is 3.85. The molecule has 0 aliphatic heterocycles. The Morgan fingerprint density at radius 3 is 2.72 bits per heavy atom. The number of halogens is 3. The highest BCUT2D eigenvalue weighted by Crippen LogP contribution is 2.31. The molecule has 1 N–H and O–H groups in total. The molecule has 0 fully saturated rings.